The Bertz CT molecular complexity index is 1020. The fourth-order valence-electron chi connectivity index (χ4n) is 3.04. The monoisotopic (exact) mass is 581 g/mol. The predicted octanol–water partition coefficient (Wildman–Crippen LogP) is 5.59. The average Bonchev–Trinajstić information content (AvgIpc) is 2.84. The van der Waals surface area contributed by atoms with E-state index in [2.05, 4.69) is 0 Å². The van der Waals surface area contributed by atoms with E-state index in [1.54, 1.807) is 33.8 Å². The summed E-state index contributed by atoms with van der Waals surface area (Å²) in [6, 6.07) is 3.31. The molecular formula is C30H47NO10. The van der Waals surface area contributed by atoms with Crippen LogP contribution in [-0.2, 0) is 35.0 Å². The molecule has 0 aliphatic rings. The first-order valence-electron chi connectivity index (χ1n) is 14.0. The van der Waals surface area contributed by atoms with Gasteiger partial charge in [0.2, 0.25) is 0 Å². The zero-order chi connectivity index (χ0) is 31.4. The van der Waals surface area contributed by atoms with E-state index in [9.17, 15) is 19.2 Å². The molecule has 0 amide bonds. The van der Waals surface area contributed by atoms with Crippen LogP contribution in [-0.4, -0.2) is 54.7 Å². The third-order valence-electron chi connectivity index (χ3n) is 6.45. The van der Waals surface area contributed by atoms with E-state index in [1.165, 1.54) is 12.1 Å². The number of carbonyl (C=O) groups excluding carboxylic acids is 4. The van der Waals surface area contributed by atoms with Crippen molar-refractivity contribution in [1.82, 2.24) is 0 Å². The highest BCUT2D eigenvalue weighted by molar-refractivity contribution is 5.76. The highest BCUT2D eigenvalue weighted by Crippen LogP contribution is 2.30. The van der Waals surface area contributed by atoms with Crippen molar-refractivity contribution < 1.29 is 47.6 Å². The number of esters is 2. The second-order valence-electron chi connectivity index (χ2n) is 11.4. The summed E-state index contributed by atoms with van der Waals surface area (Å²) < 4.78 is 31.9. The topological polar surface area (TPSA) is 150 Å². The van der Waals surface area contributed by atoms with Crippen LogP contribution in [0.1, 0.15) is 81.2 Å². The van der Waals surface area contributed by atoms with Gasteiger partial charge in [-0.3, -0.25) is 9.59 Å². The van der Waals surface area contributed by atoms with E-state index in [0.717, 1.165) is 0 Å². The van der Waals surface area contributed by atoms with Crippen LogP contribution < -0.4 is 15.2 Å². The lowest BCUT2D eigenvalue weighted by Gasteiger charge is -2.23. The first kappa shape index (κ1) is 35.7. The van der Waals surface area contributed by atoms with Crippen molar-refractivity contribution in [3.63, 3.8) is 0 Å². The quantitative estimate of drug-likeness (QED) is 0.166. The Morgan fingerprint density at radius 2 is 1.15 bits per heavy atom. The van der Waals surface area contributed by atoms with Crippen LogP contribution in [0.15, 0.2) is 18.2 Å². The maximum Gasteiger partial charge on any atom is 0.514 e. The average molecular weight is 582 g/mol. The number of benzene rings is 1. The number of hydrogen-bond acceptors (Lipinski definition) is 11. The van der Waals surface area contributed by atoms with E-state index in [4.69, 9.17) is 34.2 Å². The largest absolute Gasteiger partial charge is 0.514 e. The van der Waals surface area contributed by atoms with Gasteiger partial charge in [0.05, 0.1) is 0 Å². The van der Waals surface area contributed by atoms with Crippen molar-refractivity contribution in [2.45, 2.75) is 113 Å². The molecule has 0 aliphatic carbocycles. The van der Waals surface area contributed by atoms with Gasteiger partial charge in [0.25, 0.3) is 0 Å². The molecule has 0 saturated carbocycles. The minimum absolute atomic E-state index is 0.00991. The van der Waals surface area contributed by atoms with Gasteiger partial charge in [0, 0.05) is 6.42 Å². The van der Waals surface area contributed by atoms with E-state index < -0.39 is 48.7 Å². The summed E-state index contributed by atoms with van der Waals surface area (Å²) in [4.78, 5) is 49.4. The first-order chi connectivity index (χ1) is 19.0. The van der Waals surface area contributed by atoms with E-state index in [1.807, 2.05) is 41.5 Å². The van der Waals surface area contributed by atoms with Crippen molar-refractivity contribution >= 4 is 24.2 Å². The molecule has 1 aromatic carbocycles. The summed E-state index contributed by atoms with van der Waals surface area (Å²) in [5.41, 5.74) is 6.59. The number of carbonyl (C=O) groups is 4. The third kappa shape index (κ3) is 13.2. The van der Waals surface area contributed by atoms with Crippen LogP contribution in [0.3, 0.4) is 0 Å². The Labute approximate surface area is 243 Å². The van der Waals surface area contributed by atoms with E-state index >= 15 is 0 Å². The molecule has 0 aliphatic heterocycles. The molecule has 41 heavy (non-hydrogen) atoms. The van der Waals surface area contributed by atoms with Crippen molar-refractivity contribution in [1.29, 1.82) is 0 Å². The summed E-state index contributed by atoms with van der Waals surface area (Å²) in [6.07, 6.45) is -3.91. The minimum Gasteiger partial charge on any atom is -0.459 e. The fraction of sp³-hybridized carbons (Fsp3) is 0.667. The molecular weight excluding hydrogens is 534 g/mol. The van der Waals surface area contributed by atoms with Gasteiger partial charge < -0.3 is 34.2 Å². The lowest BCUT2D eigenvalue weighted by atomic mass is 10.1. The number of rotatable bonds is 14. The molecule has 232 valence electrons. The molecule has 2 N–H and O–H groups in total. The van der Waals surface area contributed by atoms with Crippen LogP contribution in [0.2, 0.25) is 0 Å². The fourth-order valence-corrected chi connectivity index (χ4v) is 3.04. The standard InChI is InChI=1S/C30H47NO10/c1-16(2)13-27(32)36-21(9)22(10)37-28(33)24(31)14-23-11-12-25(40-29(34)38-19(7)17(3)4)26(15-23)41-30(35)39-20(8)18(5)6/h11-12,15-22,24H,13-14,31H2,1-10H3/t19?,20?,21-,22-,24-/m0/s1. The van der Waals surface area contributed by atoms with Gasteiger partial charge in [0.1, 0.15) is 30.5 Å². The van der Waals surface area contributed by atoms with Gasteiger partial charge in [0.15, 0.2) is 11.5 Å². The van der Waals surface area contributed by atoms with Crippen molar-refractivity contribution in [3.05, 3.63) is 23.8 Å². The van der Waals surface area contributed by atoms with Crippen LogP contribution in [0.25, 0.3) is 0 Å². The van der Waals surface area contributed by atoms with Crippen LogP contribution in [0.4, 0.5) is 9.59 Å². The van der Waals surface area contributed by atoms with Gasteiger partial charge in [-0.05, 0) is 69.6 Å². The van der Waals surface area contributed by atoms with Gasteiger partial charge in [-0.25, -0.2) is 9.59 Å². The third-order valence-corrected chi connectivity index (χ3v) is 6.45. The van der Waals surface area contributed by atoms with Gasteiger partial charge in [-0.1, -0.05) is 47.6 Å². The molecule has 5 atom stereocenters. The van der Waals surface area contributed by atoms with Crippen molar-refractivity contribution in [2.75, 3.05) is 0 Å². The van der Waals surface area contributed by atoms with Gasteiger partial charge in [-0.2, -0.15) is 0 Å². The maximum atomic E-state index is 12.7. The normalized spacial score (nSPS) is 15.0. The Kier molecular flexibility index (Phi) is 14.6. The summed E-state index contributed by atoms with van der Waals surface area (Å²) in [5, 5.41) is 0. The molecule has 0 heterocycles. The Morgan fingerprint density at radius 3 is 1.63 bits per heavy atom. The molecule has 1 aromatic rings. The molecule has 0 bridgehead atoms. The Hall–Kier alpha value is -3.34. The molecule has 11 heteroatoms. The van der Waals surface area contributed by atoms with Crippen molar-refractivity contribution in [2.24, 2.45) is 23.5 Å². The summed E-state index contributed by atoms with van der Waals surface area (Å²) in [5.74, 6) is -1.02. The van der Waals surface area contributed by atoms with Crippen molar-refractivity contribution in [3.8, 4) is 11.5 Å². The SMILES string of the molecule is CC(C)CC(=O)O[C@@H](C)[C@H](C)OC(=O)[C@@H](N)Cc1ccc(OC(=O)OC(C)C(C)C)c(OC(=O)OC(C)C(C)C)c1. The van der Waals surface area contributed by atoms with Gasteiger partial charge in [-0.15, -0.1) is 0 Å². The van der Waals surface area contributed by atoms with Crippen LogP contribution in [0.5, 0.6) is 11.5 Å². The number of ether oxygens (including phenoxy) is 6. The Balaban J connectivity index is 3.00. The molecule has 2 unspecified atom stereocenters. The first-order valence-corrected chi connectivity index (χ1v) is 14.0. The summed E-state index contributed by atoms with van der Waals surface area (Å²) in [6.45, 7) is 18.1. The highest BCUT2D eigenvalue weighted by Gasteiger charge is 2.26. The number of nitrogens with two attached hydrogens (primary N) is 1. The molecule has 11 nitrogen and oxygen atoms in total. The highest BCUT2D eigenvalue weighted by atomic mass is 16.8. The second kappa shape index (κ2) is 16.8. The molecule has 0 aromatic heterocycles. The summed E-state index contributed by atoms with van der Waals surface area (Å²) in [7, 11) is 0. The van der Waals surface area contributed by atoms with E-state index in [-0.39, 0.29) is 48.1 Å². The lowest BCUT2D eigenvalue weighted by Crippen LogP contribution is -2.39. The van der Waals surface area contributed by atoms with Crippen LogP contribution >= 0.6 is 0 Å². The Morgan fingerprint density at radius 1 is 0.659 bits per heavy atom. The summed E-state index contributed by atoms with van der Waals surface area (Å²) >= 11 is 0. The smallest absolute Gasteiger partial charge is 0.459 e. The minimum atomic E-state index is -1.08. The number of hydrogen-bond donors (Lipinski definition) is 1. The lowest BCUT2D eigenvalue weighted by molar-refractivity contribution is -0.166. The maximum absolute atomic E-state index is 12.7. The second-order valence-corrected chi connectivity index (χ2v) is 11.4. The van der Waals surface area contributed by atoms with E-state index in [0.29, 0.717) is 5.56 Å². The molecule has 1 rings (SSSR count). The zero-order valence-corrected chi connectivity index (χ0v) is 25.9. The molecule has 0 radical (unpaired) electrons. The molecule has 0 fully saturated rings. The molecule has 0 saturated heterocycles. The van der Waals surface area contributed by atoms with Gasteiger partial charge >= 0.3 is 24.2 Å². The molecule has 0 spiro atoms. The zero-order valence-electron chi connectivity index (χ0n) is 25.9. The predicted molar refractivity (Wildman–Crippen MR) is 152 cm³/mol. The van der Waals surface area contributed by atoms with Crippen LogP contribution in [0, 0.1) is 17.8 Å².